The molecule has 23 heavy (non-hydrogen) atoms. The summed E-state index contributed by atoms with van der Waals surface area (Å²) >= 11 is 0. The molecule has 1 N–H and O–H groups in total. The number of carbonyl (C=O) groups excluding carboxylic acids is 1. The van der Waals surface area contributed by atoms with E-state index in [1.165, 1.54) is 0 Å². The van der Waals surface area contributed by atoms with Crippen molar-refractivity contribution in [3.05, 3.63) is 46.5 Å². The van der Waals surface area contributed by atoms with E-state index in [9.17, 15) is 18.0 Å². The van der Waals surface area contributed by atoms with Gasteiger partial charge in [-0.1, -0.05) is 0 Å². The third-order valence-corrected chi connectivity index (χ3v) is 3.04. The highest BCUT2D eigenvalue weighted by Crippen LogP contribution is 2.22. The van der Waals surface area contributed by atoms with Crippen molar-refractivity contribution in [3.63, 3.8) is 0 Å². The number of anilines is 1. The predicted octanol–water partition coefficient (Wildman–Crippen LogP) is 3.16. The van der Waals surface area contributed by atoms with Gasteiger partial charge in [-0.15, -0.1) is 0 Å². The lowest BCUT2D eigenvalue weighted by atomic mass is 10.1. The standard InChI is InChI=1S/C15H14F3N3O2/c1-4-23-15-19-7(2)13(8(3)20-15)21-14(22)9-5-6-10(16)12(18)11(9)17/h5-6H,4H2,1-3H3,(H,21,22). The van der Waals surface area contributed by atoms with Gasteiger partial charge in [-0.05, 0) is 32.9 Å². The molecule has 122 valence electrons. The van der Waals surface area contributed by atoms with Gasteiger partial charge >= 0.3 is 6.01 Å². The fraction of sp³-hybridized carbons (Fsp3) is 0.267. The summed E-state index contributed by atoms with van der Waals surface area (Å²) in [7, 11) is 0. The van der Waals surface area contributed by atoms with E-state index >= 15 is 0 Å². The average Bonchev–Trinajstić information content (AvgIpc) is 2.49. The molecule has 2 rings (SSSR count). The van der Waals surface area contributed by atoms with Gasteiger partial charge in [0.05, 0.1) is 29.2 Å². The second kappa shape index (κ2) is 6.64. The van der Waals surface area contributed by atoms with Crippen LogP contribution in [0.25, 0.3) is 0 Å². The Balaban J connectivity index is 2.33. The molecule has 0 bridgehead atoms. The maximum Gasteiger partial charge on any atom is 0.316 e. The van der Waals surface area contributed by atoms with Crippen LogP contribution >= 0.6 is 0 Å². The quantitative estimate of drug-likeness (QED) is 0.877. The number of halogens is 3. The van der Waals surface area contributed by atoms with Crippen molar-refractivity contribution in [2.45, 2.75) is 20.8 Å². The van der Waals surface area contributed by atoms with Gasteiger partial charge in [0.25, 0.3) is 5.91 Å². The first-order valence-corrected chi connectivity index (χ1v) is 6.78. The Morgan fingerprint density at radius 3 is 2.30 bits per heavy atom. The number of amides is 1. The van der Waals surface area contributed by atoms with Gasteiger partial charge in [0.2, 0.25) is 0 Å². The first-order valence-electron chi connectivity index (χ1n) is 6.78. The second-order valence-corrected chi connectivity index (χ2v) is 4.66. The van der Waals surface area contributed by atoms with E-state index in [0.717, 1.165) is 6.07 Å². The number of hydrogen-bond donors (Lipinski definition) is 1. The lowest BCUT2D eigenvalue weighted by molar-refractivity contribution is 0.102. The molecule has 0 saturated carbocycles. The third-order valence-electron chi connectivity index (χ3n) is 3.04. The van der Waals surface area contributed by atoms with Crippen LogP contribution in [0.5, 0.6) is 6.01 Å². The Labute approximate surface area is 130 Å². The molecule has 0 spiro atoms. The first-order chi connectivity index (χ1) is 10.8. The minimum atomic E-state index is -1.70. The zero-order chi connectivity index (χ0) is 17.1. The normalized spacial score (nSPS) is 10.5. The van der Waals surface area contributed by atoms with Crippen LogP contribution in [-0.4, -0.2) is 22.5 Å². The minimum Gasteiger partial charge on any atom is -0.464 e. The van der Waals surface area contributed by atoms with Crippen molar-refractivity contribution < 1.29 is 22.7 Å². The maximum absolute atomic E-state index is 13.7. The highest BCUT2D eigenvalue weighted by Gasteiger charge is 2.20. The average molecular weight is 325 g/mol. The number of aryl methyl sites for hydroxylation is 2. The van der Waals surface area contributed by atoms with Gasteiger partial charge in [0, 0.05) is 0 Å². The summed E-state index contributed by atoms with van der Waals surface area (Å²) in [6.45, 7) is 5.36. The molecular weight excluding hydrogens is 311 g/mol. The maximum atomic E-state index is 13.7. The second-order valence-electron chi connectivity index (χ2n) is 4.66. The highest BCUT2D eigenvalue weighted by molar-refractivity contribution is 6.05. The van der Waals surface area contributed by atoms with E-state index in [1.54, 1.807) is 20.8 Å². The molecule has 0 unspecified atom stereocenters. The van der Waals surface area contributed by atoms with E-state index in [2.05, 4.69) is 15.3 Å². The number of aromatic nitrogens is 2. The summed E-state index contributed by atoms with van der Waals surface area (Å²) in [5.41, 5.74) is 0.439. The van der Waals surface area contributed by atoms with Crippen LogP contribution in [0, 0.1) is 31.3 Å². The van der Waals surface area contributed by atoms with Crippen molar-refractivity contribution in [2.75, 3.05) is 11.9 Å². The Kier molecular flexibility index (Phi) is 4.83. The summed E-state index contributed by atoms with van der Waals surface area (Å²) in [5, 5.41) is 2.40. The molecular formula is C15H14F3N3O2. The Bertz CT molecular complexity index is 743. The van der Waals surface area contributed by atoms with Gasteiger partial charge in [0.1, 0.15) is 0 Å². The summed E-state index contributed by atoms with van der Waals surface area (Å²) in [6.07, 6.45) is 0. The number of rotatable bonds is 4. The van der Waals surface area contributed by atoms with Crippen LogP contribution in [0.15, 0.2) is 12.1 Å². The molecule has 0 saturated heterocycles. The van der Waals surface area contributed by atoms with Crippen molar-refractivity contribution in [1.82, 2.24) is 9.97 Å². The van der Waals surface area contributed by atoms with E-state index in [0.29, 0.717) is 24.1 Å². The van der Waals surface area contributed by atoms with Gasteiger partial charge in [-0.3, -0.25) is 4.79 Å². The zero-order valence-electron chi connectivity index (χ0n) is 12.7. The molecule has 0 aliphatic rings. The minimum absolute atomic E-state index is 0.152. The van der Waals surface area contributed by atoms with Crippen LogP contribution < -0.4 is 10.1 Å². The first kappa shape index (κ1) is 16.7. The van der Waals surface area contributed by atoms with E-state index in [4.69, 9.17) is 4.74 Å². The molecule has 0 radical (unpaired) electrons. The number of hydrogen-bond acceptors (Lipinski definition) is 4. The van der Waals surface area contributed by atoms with Crippen molar-refractivity contribution >= 4 is 11.6 Å². The lowest BCUT2D eigenvalue weighted by Gasteiger charge is -2.12. The lowest BCUT2D eigenvalue weighted by Crippen LogP contribution is -2.18. The number of ether oxygens (including phenoxy) is 1. The Morgan fingerprint density at radius 1 is 1.13 bits per heavy atom. The van der Waals surface area contributed by atoms with Crippen LogP contribution in [-0.2, 0) is 0 Å². The highest BCUT2D eigenvalue weighted by atomic mass is 19.2. The molecule has 1 heterocycles. The summed E-state index contributed by atoms with van der Waals surface area (Å²) < 4.78 is 45.0. The summed E-state index contributed by atoms with van der Waals surface area (Å²) in [5.74, 6) is -5.55. The van der Waals surface area contributed by atoms with Crippen LogP contribution in [0.4, 0.5) is 18.9 Å². The summed E-state index contributed by atoms with van der Waals surface area (Å²) in [6, 6.07) is 1.70. The molecule has 0 atom stereocenters. The van der Waals surface area contributed by atoms with E-state index in [1.807, 2.05) is 0 Å². The SMILES string of the molecule is CCOc1nc(C)c(NC(=O)c2ccc(F)c(F)c2F)c(C)n1. The van der Waals surface area contributed by atoms with Crippen molar-refractivity contribution in [2.24, 2.45) is 0 Å². The number of nitrogens with one attached hydrogen (secondary N) is 1. The molecule has 1 aromatic carbocycles. The third kappa shape index (κ3) is 3.41. The van der Waals surface area contributed by atoms with Crippen molar-refractivity contribution in [1.29, 1.82) is 0 Å². The van der Waals surface area contributed by atoms with E-state index < -0.39 is 28.9 Å². The van der Waals surface area contributed by atoms with Crippen molar-refractivity contribution in [3.8, 4) is 6.01 Å². The van der Waals surface area contributed by atoms with Crippen LogP contribution in [0.3, 0.4) is 0 Å². The Hall–Kier alpha value is -2.64. The largest absolute Gasteiger partial charge is 0.464 e. The molecule has 2 aromatic rings. The van der Waals surface area contributed by atoms with Gasteiger partial charge in [-0.25, -0.2) is 13.2 Å². The predicted molar refractivity (Wildman–Crippen MR) is 76.9 cm³/mol. The number of carbonyl (C=O) groups is 1. The summed E-state index contributed by atoms with van der Waals surface area (Å²) in [4.78, 5) is 20.2. The molecule has 5 nitrogen and oxygen atoms in total. The zero-order valence-corrected chi connectivity index (χ0v) is 12.7. The fourth-order valence-corrected chi connectivity index (χ4v) is 1.94. The topological polar surface area (TPSA) is 64.1 Å². The molecule has 1 amide bonds. The van der Waals surface area contributed by atoms with E-state index in [-0.39, 0.29) is 11.7 Å². The van der Waals surface area contributed by atoms with Gasteiger partial charge in [0.15, 0.2) is 17.5 Å². The van der Waals surface area contributed by atoms with Crippen LogP contribution in [0.1, 0.15) is 28.7 Å². The van der Waals surface area contributed by atoms with Gasteiger partial charge < -0.3 is 10.1 Å². The van der Waals surface area contributed by atoms with Crippen LogP contribution in [0.2, 0.25) is 0 Å². The number of nitrogens with zero attached hydrogens (tertiary/aromatic N) is 2. The van der Waals surface area contributed by atoms with Gasteiger partial charge in [-0.2, -0.15) is 9.97 Å². The smallest absolute Gasteiger partial charge is 0.316 e. The molecule has 0 aliphatic heterocycles. The molecule has 8 heteroatoms. The fourth-order valence-electron chi connectivity index (χ4n) is 1.94. The Morgan fingerprint density at radius 2 is 1.74 bits per heavy atom. The number of benzene rings is 1. The molecule has 0 aliphatic carbocycles. The molecule has 1 aromatic heterocycles. The monoisotopic (exact) mass is 325 g/mol. The molecule has 0 fully saturated rings.